The van der Waals surface area contributed by atoms with Crippen molar-refractivity contribution in [3.8, 4) is 5.88 Å². The van der Waals surface area contributed by atoms with Crippen molar-refractivity contribution in [2.75, 3.05) is 38.2 Å². The van der Waals surface area contributed by atoms with E-state index < -0.39 is 0 Å². The predicted octanol–water partition coefficient (Wildman–Crippen LogP) is 0.146. The highest BCUT2D eigenvalue weighted by atomic mass is 16.5. The standard InChI is InChI=1S/C16H19N5O3/c1-19-11-12(3-4-14(19)22)15(23)20-7-9-21(10-8-20)16-17-6-5-13(18-16)24-2/h3-6,11H,7-10H2,1-2H3. The number of hydrogen-bond donors (Lipinski definition) is 0. The van der Waals surface area contributed by atoms with Gasteiger partial charge in [-0.05, 0) is 6.07 Å². The summed E-state index contributed by atoms with van der Waals surface area (Å²) in [4.78, 5) is 36.3. The maximum atomic E-state index is 12.5. The molecule has 0 radical (unpaired) electrons. The van der Waals surface area contributed by atoms with Gasteiger partial charge in [0.05, 0.1) is 12.7 Å². The van der Waals surface area contributed by atoms with Gasteiger partial charge in [0, 0.05) is 57.8 Å². The lowest BCUT2D eigenvalue weighted by atomic mass is 10.2. The topological polar surface area (TPSA) is 80.6 Å². The van der Waals surface area contributed by atoms with Crippen LogP contribution in [0, 0.1) is 0 Å². The third kappa shape index (κ3) is 3.22. The summed E-state index contributed by atoms with van der Waals surface area (Å²) in [6.45, 7) is 2.43. The van der Waals surface area contributed by atoms with Crippen LogP contribution in [-0.4, -0.2) is 58.6 Å². The number of anilines is 1. The van der Waals surface area contributed by atoms with E-state index in [4.69, 9.17) is 4.74 Å². The van der Waals surface area contributed by atoms with Crippen molar-refractivity contribution in [2.24, 2.45) is 7.05 Å². The largest absolute Gasteiger partial charge is 0.481 e. The summed E-state index contributed by atoms with van der Waals surface area (Å²) in [6, 6.07) is 4.68. The summed E-state index contributed by atoms with van der Waals surface area (Å²) in [5, 5.41) is 0. The van der Waals surface area contributed by atoms with Gasteiger partial charge >= 0.3 is 0 Å². The third-order valence-corrected chi connectivity index (χ3v) is 4.01. The van der Waals surface area contributed by atoms with Crippen LogP contribution in [0.2, 0.25) is 0 Å². The molecule has 0 unspecified atom stereocenters. The molecule has 1 aliphatic heterocycles. The van der Waals surface area contributed by atoms with Crippen LogP contribution in [0.15, 0.2) is 35.4 Å². The summed E-state index contributed by atoms with van der Waals surface area (Å²) in [5.41, 5.74) is 0.384. The first-order valence-electron chi connectivity index (χ1n) is 7.66. The van der Waals surface area contributed by atoms with Gasteiger partial charge in [0.25, 0.3) is 5.91 Å². The number of hydrogen-bond acceptors (Lipinski definition) is 6. The van der Waals surface area contributed by atoms with E-state index in [0.29, 0.717) is 43.6 Å². The lowest BCUT2D eigenvalue weighted by Gasteiger charge is -2.34. The summed E-state index contributed by atoms with van der Waals surface area (Å²) >= 11 is 0. The van der Waals surface area contributed by atoms with Gasteiger partial charge in [-0.1, -0.05) is 0 Å². The fourth-order valence-electron chi connectivity index (χ4n) is 2.61. The highest BCUT2D eigenvalue weighted by Gasteiger charge is 2.24. The average Bonchev–Trinajstić information content (AvgIpc) is 2.63. The molecule has 3 heterocycles. The molecule has 0 N–H and O–H groups in total. The van der Waals surface area contributed by atoms with Gasteiger partial charge in [0.2, 0.25) is 17.4 Å². The number of methoxy groups -OCH3 is 1. The first-order valence-corrected chi connectivity index (χ1v) is 7.66. The number of piperazine rings is 1. The van der Waals surface area contributed by atoms with E-state index >= 15 is 0 Å². The van der Waals surface area contributed by atoms with Gasteiger partial charge in [-0.15, -0.1) is 0 Å². The monoisotopic (exact) mass is 329 g/mol. The van der Waals surface area contributed by atoms with E-state index in [2.05, 4.69) is 9.97 Å². The van der Waals surface area contributed by atoms with Crippen molar-refractivity contribution in [1.29, 1.82) is 0 Å². The number of pyridine rings is 1. The molecule has 0 bridgehead atoms. The molecule has 0 spiro atoms. The van der Waals surface area contributed by atoms with Crippen molar-refractivity contribution in [3.05, 3.63) is 46.5 Å². The van der Waals surface area contributed by atoms with E-state index in [1.54, 1.807) is 43.6 Å². The summed E-state index contributed by atoms with van der Waals surface area (Å²) in [5.74, 6) is 1.05. The highest BCUT2D eigenvalue weighted by molar-refractivity contribution is 5.94. The molecule has 0 atom stereocenters. The molecule has 1 amide bonds. The predicted molar refractivity (Wildman–Crippen MR) is 88.4 cm³/mol. The molecule has 1 fully saturated rings. The number of amides is 1. The molecule has 1 saturated heterocycles. The van der Waals surface area contributed by atoms with Crippen LogP contribution in [0.1, 0.15) is 10.4 Å². The first-order chi connectivity index (χ1) is 11.6. The minimum Gasteiger partial charge on any atom is -0.481 e. The van der Waals surface area contributed by atoms with E-state index in [1.807, 2.05) is 4.90 Å². The Bertz CT molecular complexity index is 796. The molecular formula is C16H19N5O3. The van der Waals surface area contributed by atoms with Crippen molar-refractivity contribution in [1.82, 2.24) is 19.4 Å². The van der Waals surface area contributed by atoms with Gasteiger partial charge in [0.1, 0.15) is 0 Å². The smallest absolute Gasteiger partial charge is 0.255 e. The van der Waals surface area contributed by atoms with Crippen molar-refractivity contribution >= 4 is 11.9 Å². The van der Waals surface area contributed by atoms with Crippen LogP contribution in [0.3, 0.4) is 0 Å². The van der Waals surface area contributed by atoms with Crippen LogP contribution in [0.5, 0.6) is 5.88 Å². The van der Waals surface area contributed by atoms with Crippen molar-refractivity contribution in [2.45, 2.75) is 0 Å². The van der Waals surface area contributed by atoms with Crippen LogP contribution >= 0.6 is 0 Å². The van der Waals surface area contributed by atoms with Crippen molar-refractivity contribution in [3.63, 3.8) is 0 Å². The Morgan fingerprint density at radius 3 is 2.58 bits per heavy atom. The second-order valence-electron chi connectivity index (χ2n) is 5.55. The van der Waals surface area contributed by atoms with Crippen LogP contribution in [0.4, 0.5) is 5.95 Å². The third-order valence-electron chi connectivity index (χ3n) is 4.01. The van der Waals surface area contributed by atoms with Crippen LogP contribution in [-0.2, 0) is 7.05 Å². The number of rotatable bonds is 3. The quantitative estimate of drug-likeness (QED) is 0.797. The number of aromatic nitrogens is 3. The highest BCUT2D eigenvalue weighted by Crippen LogP contribution is 2.15. The van der Waals surface area contributed by atoms with E-state index in [-0.39, 0.29) is 11.5 Å². The van der Waals surface area contributed by atoms with Crippen molar-refractivity contribution < 1.29 is 9.53 Å². The zero-order valence-corrected chi connectivity index (χ0v) is 13.7. The molecule has 126 valence electrons. The summed E-state index contributed by atoms with van der Waals surface area (Å²) in [6.07, 6.45) is 3.23. The number of carbonyl (C=O) groups is 1. The normalized spacial score (nSPS) is 14.6. The molecule has 0 saturated carbocycles. The number of carbonyl (C=O) groups excluding carboxylic acids is 1. The van der Waals surface area contributed by atoms with Crippen LogP contribution in [0.25, 0.3) is 0 Å². The molecule has 8 nitrogen and oxygen atoms in total. The Morgan fingerprint density at radius 1 is 1.17 bits per heavy atom. The second-order valence-corrected chi connectivity index (χ2v) is 5.55. The Labute approximate surface area is 139 Å². The number of ether oxygens (including phenoxy) is 1. The Balaban J connectivity index is 1.66. The Morgan fingerprint density at radius 2 is 1.92 bits per heavy atom. The summed E-state index contributed by atoms with van der Waals surface area (Å²) < 4.78 is 6.52. The minimum atomic E-state index is -0.133. The molecule has 3 rings (SSSR count). The van der Waals surface area contributed by atoms with Gasteiger partial charge in [-0.25, -0.2) is 4.98 Å². The molecular weight excluding hydrogens is 310 g/mol. The van der Waals surface area contributed by atoms with Gasteiger partial charge in [0.15, 0.2) is 0 Å². The fraction of sp³-hybridized carbons (Fsp3) is 0.375. The zero-order valence-electron chi connectivity index (χ0n) is 13.7. The van der Waals surface area contributed by atoms with Gasteiger partial charge in [-0.2, -0.15) is 4.98 Å². The number of aryl methyl sites for hydroxylation is 1. The summed E-state index contributed by atoms with van der Waals surface area (Å²) in [7, 11) is 3.20. The minimum absolute atomic E-state index is 0.0724. The first kappa shape index (κ1) is 16.0. The van der Waals surface area contributed by atoms with Crippen LogP contribution < -0.4 is 15.2 Å². The van der Waals surface area contributed by atoms with Gasteiger partial charge in [-0.3, -0.25) is 9.59 Å². The maximum absolute atomic E-state index is 12.5. The molecule has 0 aliphatic carbocycles. The second kappa shape index (κ2) is 6.69. The lowest BCUT2D eigenvalue weighted by molar-refractivity contribution is 0.0745. The van der Waals surface area contributed by atoms with Gasteiger partial charge < -0.3 is 19.1 Å². The molecule has 2 aromatic rings. The lowest BCUT2D eigenvalue weighted by Crippen LogP contribution is -2.49. The molecule has 1 aliphatic rings. The average molecular weight is 329 g/mol. The SMILES string of the molecule is COc1ccnc(N2CCN(C(=O)c3ccc(=O)n(C)c3)CC2)n1. The van der Waals surface area contributed by atoms with E-state index in [9.17, 15) is 9.59 Å². The zero-order chi connectivity index (χ0) is 17.1. The fourth-order valence-corrected chi connectivity index (χ4v) is 2.61. The Kier molecular flexibility index (Phi) is 4.45. The Hall–Kier alpha value is -2.90. The molecule has 24 heavy (non-hydrogen) atoms. The molecule has 0 aromatic carbocycles. The van der Waals surface area contributed by atoms with E-state index in [1.165, 1.54) is 10.6 Å². The molecule has 8 heteroatoms. The van der Waals surface area contributed by atoms with E-state index in [0.717, 1.165) is 0 Å². The maximum Gasteiger partial charge on any atom is 0.255 e. The number of nitrogens with zero attached hydrogens (tertiary/aromatic N) is 5. The molecule has 2 aromatic heterocycles.